The van der Waals surface area contributed by atoms with E-state index in [9.17, 15) is 9.59 Å². The number of likely N-dealkylation sites (tertiary alicyclic amines) is 1. The summed E-state index contributed by atoms with van der Waals surface area (Å²) in [5.74, 6) is -0.512. The molecule has 2 fully saturated rings. The molecule has 2 heterocycles. The van der Waals surface area contributed by atoms with Gasteiger partial charge in [-0.2, -0.15) is 0 Å². The molecule has 0 aromatic heterocycles. The van der Waals surface area contributed by atoms with Gasteiger partial charge in [0, 0.05) is 19.5 Å². The van der Waals surface area contributed by atoms with Crippen LogP contribution in [0.3, 0.4) is 0 Å². The van der Waals surface area contributed by atoms with Crippen LogP contribution >= 0.6 is 15.9 Å². The number of aliphatic carboxylic acids is 1. The van der Waals surface area contributed by atoms with E-state index in [0.717, 1.165) is 18.4 Å². The van der Waals surface area contributed by atoms with Crippen LogP contribution in [0.4, 0.5) is 0 Å². The Morgan fingerprint density at radius 3 is 2.46 bits per heavy atom. The topological polar surface area (TPSA) is 81.7 Å². The van der Waals surface area contributed by atoms with Crippen LogP contribution < -0.4 is 10.9 Å². The molecule has 0 spiro atoms. The lowest BCUT2D eigenvalue weighted by Crippen LogP contribution is -2.50. The molecule has 0 radical (unpaired) electrons. The van der Waals surface area contributed by atoms with E-state index in [2.05, 4.69) is 26.8 Å². The summed E-state index contributed by atoms with van der Waals surface area (Å²) in [5, 5.41) is 8.88. The summed E-state index contributed by atoms with van der Waals surface area (Å²) in [6.45, 7) is 1.26. The van der Waals surface area contributed by atoms with Gasteiger partial charge in [0.25, 0.3) is 0 Å². The van der Waals surface area contributed by atoms with Gasteiger partial charge >= 0.3 is 5.97 Å². The normalized spacial score (nSPS) is 28.0. The van der Waals surface area contributed by atoms with Gasteiger partial charge in [0.15, 0.2) is 0 Å². The zero-order valence-electron chi connectivity index (χ0n) is 13.3. The van der Waals surface area contributed by atoms with Gasteiger partial charge in [-0.05, 0) is 24.3 Å². The summed E-state index contributed by atoms with van der Waals surface area (Å²) in [6, 6.07) is 9.73. The van der Waals surface area contributed by atoms with Gasteiger partial charge < -0.3 is 10.0 Å². The molecule has 6 nitrogen and oxygen atoms in total. The summed E-state index contributed by atoms with van der Waals surface area (Å²) in [4.78, 5) is 25.4. The number of benzene rings is 1. The number of rotatable bonds is 4. The van der Waals surface area contributed by atoms with Crippen molar-refractivity contribution >= 4 is 27.8 Å². The molecular weight excluding hydrogens is 374 g/mol. The number of hydrogen-bond donors (Lipinski definition) is 3. The first-order chi connectivity index (χ1) is 11.6. The standard InChI is InChI=1S/C17H22BrN3O3/c18-14-15(12-4-2-1-3-5-12)19-20-16(14)17(24)21-8-6-11(7-9-21)10-13(22)23/h1-5,11,14-16,19-20H,6-10H2,(H,22,23). The van der Waals surface area contributed by atoms with Crippen molar-refractivity contribution < 1.29 is 14.7 Å². The average molecular weight is 396 g/mol. The third-order valence-electron chi connectivity index (χ3n) is 4.85. The second kappa shape index (κ2) is 7.63. The SMILES string of the molecule is O=C(O)CC1CCN(C(=O)C2NNC(c3ccccc3)C2Br)CC1. The maximum atomic E-state index is 12.8. The molecule has 1 aromatic rings. The van der Waals surface area contributed by atoms with Crippen LogP contribution in [0.25, 0.3) is 0 Å². The van der Waals surface area contributed by atoms with E-state index in [1.807, 2.05) is 35.2 Å². The van der Waals surface area contributed by atoms with Crippen molar-refractivity contribution in [2.45, 2.75) is 36.2 Å². The van der Waals surface area contributed by atoms with Crippen LogP contribution in [0.1, 0.15) is 30.9 Å². The van der Waals surface area contributed by atoms with Crippen molar-refractivity contribution in [2.75, 3.05) is 13.1 Å². The monoisotopic (exact) mass is 395 g/mol. The largest absolute Gasteiger partial charge is 0.481 e. The lowest BCUT2D eigenvalue weighted by molar-refractivity contribution is -0.139. The molecule has 130 valence electrons. The minimum absolute atomic E-state index is 0.0321. The summed E-state index contributed by atoms with van der Waals surface area (Å²) >= 11 is 3.67. The van der Waals surface area contributed by atoms with Crippen molar-refractivity contribution in [3.05, 3.63) is 35.9 Å². The van der Waals surface area contributed by atoms with Crippen molar-refractivity contribution in [3.63, 3.8) is 0 Å². The highest BCUT2D eigenvalue weighted by atomic mass is 79.9. The molecule has 3 atom stereocenters. The van der Waals surface area contributed by atoms with E-state index >= 15 is 0 Å². The van der Waals surface area contributed by atoms with E-state index in [-0.39, 0.29) is 35.2 Å². The summed E-state index contributed by atoms with van der Waals surface area (Å²) < 4.78 is 0. The van der Waals surface area contributed by atoms with E-state index < -0.39 is 5.97 Å². The number of amides is 1. The fourth-order valence-electron chi connectivity index (χ4n) is 3.46. The van der Waals surface area contributed by atoms with E-state index in [1.165, 1.54) is 0 Å². The fourth-order valence-corrected chi connectivity index (χ4v) is 4.25. The number of carbonyl (C=O) groups excluding carboxylic acids is 1. The Bertz CT molecular complexity index is 590. The number of hydrazine groups is 1. The van der Waals surface area contributed by atoms with Crippen LogP contribution in [0.2, 0.25) is 0 Å². The maximum absolute atomic E-state index is 12.8. The molecule has 24 heavy (non-hydrogen) atoms. The molecule has 0 bridgehead atoms. The molecule has 0 saturated carbocycles. The number of carboxylic acids is 1. The van der Waals surface area contributed by atoms with Crippen molar-refractivity contribution in [2.24, 2.45) is 5.92 Å². The Balaban J connectivity index is 1.57. The summed E-state index contributed by atoms with van der Waals surface area (Å²) in [6.07, 6.45) is 1.71. The van der Waals surface area contributed by atoms with Gasteiger partial charge in [-0.1, -0.05) is 46.3 Å². The Hall–Kier alpha value is -1.44. The van der Waals surface area contributed by atoms with Crippen molar-refractivity contribution in [1.29, 1.82) is 0 Å². The second-order valence-electron chi connectivity index (χ2n) is 6.47. The summed E-state index contributed by atoms with van der Waals surface area (Å²) in [5.41, 5.74) is 7.45. The number of halogens is 1. The molecular formula is C17H22BrN3O3. The fraction of sp³-hybridized carbons (Fsp3) is 0.529. The highest BCUT2D eigenvalue weighted by molar-refractivity contribution is 9.09. The zero-order chi connectivity index (χ0) is 17.1. The lowest BCUT2D eigenvalue weighted by atomic mass is 9.93. The van der Waals surface area contributed by atoms with Crippen LogP contribution in [0.5, 0.6) is 0 Å². The van der Waals surface area contributed by atoms with Gasteiger partial charge in [0.05, 0.1) is 10.9 Å². The Morgan fingerprint density at radius 1 is 1.17 bits per heavy atom. The van der Waals surface area contributed by atoms with Crippen LogP contribution in [0, 0.1) is 5.92 Å². The van der Waals surface area contributed by atoms with Gasteiger partial charge in [-0.25, -0.2) is 10.9 Å². The predicted molar refractivity (Wildman–Crippen MR) is 93.5 cm³/mol. The van der Waals surface area contributed by atoms with Crippen molar-refractivity contribution in [3.8, 4) is 0 Å². The molecule has 3 unspecified atom stereocenters. The maximum Gasteiger partial charge on any atom is 0.303 e. The van der Waals surface area contributed by atoms with Crippen LogP contribution in [0.15, 0.2) is 30.3 Å². The number of carbonyl (C=O) groups is 2. The van der Waals surface area contributed by atoms with Gasteiger partial charge in [0.2, 0.25) is 5.91 Å². The number of carboxylic acid groups (broad SMARTS) is 1. The Labute approximate surface area is 149 Å². The second-order valence-corrected chi connectivity index (χ2v) is 7.52. The lowest BCUT2D eigenvalue weighted by Gasteiger charge is -2.33. The number of hydrogen-bond acceptors (Lipinski definition) is 4. The average Bonchev–Trinajstić information content (AvgIpc) is 2.97. The molecule has 1 amide bonds. The van der Waals surface area contributed by atoms with Crippen LogP contribution in [-0.4, -0.2) is 45.8 Å². The molecule has 2 aliphatic heterocycles. The van der Waals surface area contributed by atoms with Crippen molar-refractivity contribution in [1.82, 2.24) is 15.8 Å². The quantitative estimate of drug-likeness (QED) is 0.675. The first-order valence-electron chi connectivity index (χ1n) is 8.27. The smallest absolute Gasteiger partial charge is 0.303 e. The number of nitrogens with one attached hydrogen (secondary N) is 2. The summed E-state index contributed by atoms with van der Waals surface area (Å²) in [7, 11) is 0. The molecule has 7 heteroatoms. The Morgan fingerprint density at radius 2 is 1.83 bits per heavy atom. The van der Waals surface area contributed by atoms with E-state index in [4.69, 9.17) is 5.11 Å². The third-order valence-corrected chi connectivity index (χ3v) is 5.90. The van der Waals surface area contributed by atoms with E-state index in [0.29, 0.717) is 13.1 Å². The molecule has 1 aromatic carbocycles. The minimum atomic E-state index is -0.757. The van der Waals surface area contributed by atoms with E-state index in [1.54, 1.807) is 0 Å². The predicted octanol–water partition coefficient (Wildman–Crippen LogP) is 1.68. The highest BCUT2D eigenvalue weighted by Crippen LogP contribution is 2.30. The minimum Gasteiger partial charge on any atom is -0.481 e. The highest BCUT2D eigenvalue weighted by Gasteiger charge is 2.41. The third kappa shape index (κ3) is 3.79. The van der Waals surface area contributed by atoms with Gasteiger partial charge in [-0.3, -0.25) is 9.59 Å². The molecule has 3 N–H and O–H groups in total. The number of nitrogens with zero attached hydrogens (tertiary/aromatic N) is 1. The number of piperidine rings is 1. The first-order valence-corrected chi connectivity index (χ1v) is 9.18. The molecule has 0 aliphatic carbocycles. The van der Waals surface area contributed by atoms with Gasteiger partial charge in [0.1, 0.15) is 6.04 Å². The first kappa shape index (κ1) is 17.4. The molecule has 2 saturated heterocycles. The molecule has 2 aliphatic rings. The van der Waals surface area contributed by atoms with Crippen LogP contribution in [-0.2, 0) is 9.59 Å². The van der Waals surface area contributed by atoms with Gasteiger partial charge in [-0.15, -0.1) is 0 Å². The Kier molecular flexibility index (Phi) is 5.53. The number of alkyl halides is 1. The molecule has 3 rings (SSSR count). The zero-order valence-corrected chi connectivity index (χ0v) is 14.9.